The number of likely N-dealkylation sites (N-methyl/N-ethyl adjacent to an activating group) is 1. The lowest BCUT2D eigenvalue weighted by Gasteiger charge is -2.08. The van der Waals surface area contributed by atoms with Crippen LogP contribution in [0, 0.1) is 0 Å². The Morgan fingerprint density at radius 2 is 2.44 bits per heavy atom. The largest absolute Gasteiger partial charge is 0.322 e. The lowest BCUT2D eigenvalue weighted by atomic mass is 10.3. The van der Waals surface area contributed by atoms with Gasteiger partial charge in [0.2, 0.25) is 0 Å². The molecule has 0 radical (unpaired) electrons. The second-order valence-electron chi connectivity index (χ2n) is 2.20. The molecular weight excluding hydrogens is 180 g/mol. The van der Waals surface area contributed by atoms with Crippen LogP contribution in [-0.4, -0.2) is 18.6 Å². The minimum absolute atomic E-state index is 0.989. The van der Waals surface area contributed by atoms with Crippen molar-refractivity contribution >= 4 is 15.9 Å². The van der Waals surface area contributed by atoms with E-state index in [1.54, 1.807) is 0 Å². The summed E-state index contributed by atoms with van der Waals surface area (Å²) in [7, 11) is 2.03. The number of nitrogens with one attached hydrogen (secondary N) is 1. The zero-order valence-corrected chi connectivity index (χ0v) is 7.33. The molecule has 1 rings (SSSR count). The molecule has 0 saturated carbocycles. The number of rotatable bonds is 1. The average Bonchev–Trinajstić information content (AvgIpc) is 2.10. The maximum absolute atomic E-state index is 3.48. The van der Waals surface area contributed by atoms with Gasteiger partial charge in [-0.1, -0.05) is 22.9 Å². The molecule has 0 aliphatic carbocycles. The third-order valence-electron chi connectivity index (χ3n) is 1.38. The van der Waals surface area contributed by atoms with Crippen LogP contribution < -0.4 is 5.43 Å². The Balaban J connectivity index is 2.58. The van der Waals surface area contributed by atoms with Crippen molar-refractivity contribution in [1.82, 2.24) is 10.4 Å². The molecular formula is C6H11BrN2. The fourth-order valence-electron chi connectivity index (χ4n) is 0.905. The molecule has 52 valence electrons. The van der Waals surface area contributed by atoms with Gasteiger partial charge in [0.1, 0.15) is 0 Å². The smallest absolute Gasteiger partial charge is 0.0510 e. The molecule has 0 amide bonds. The summed E-state index contributed by atoms with van der Waals surface area (Å²) in [5.74, 6) is 0. The third-order valence-corrected chi connectivity index (χ3v) is 2.11. The van der Waals surface area contributed by atoms with E-state index < -0.39 is 0 Å². The van der Waals surface area contributed by atoms with Gasteiger partial charge in [-0.25, -0.2) is 5.01 Å². The fourth-order valence-corrected chi connectivity index (χ4v) is 1.65. The number of hydrogen-bond acceptors (Lipinski definition) is 2. The highest BCUT2D eigenvalue weighted by atomic mass is 79.9. The summed E-state index contributed by atoms with van der Waals surface area (Å²) in [4.78, 5) is 0. The van der Waals surface area contributed by atoms with Gasteiger partial charge in [0, 0.05) is 17.2 Å². The quantitative estimate of drug-likeness (QED) is 0.674. The SMILES string of the molecule is CCC1=C(Br)CN(C)N1. The minimum Gasteiger partial charge on any atom is -0.322 e. The monoisotopic (exact) mass is 190 g/mol. The Bertz CT molecular complexity index is 142. The standard InChI is InChI=1S/C6H11BrN2/c1-3-6-5(7)4-9(2)8-6/h8H,3-4H2,1-2H3. The van der Waals surface area contributed by atoms with Gasteiger partial charge in [-0.05, 0) is 6.42 Å². The van der Waals surface area contributed by atoms with Gasteiger partial charge < -0.3 is 5.43 Å². The van der Waals surface area contributed by atoms with E-state index in [4.69, 9.17) is 0 Å². The molecule has 1 N–H and O–H groups in total. The highest BCUT2D eigenvalue weighted by molar-refractivity contribution is 9.11. The number of nitrogens with zero attached hydrogens (tertiary/aromatic N) is 1. The zero-order valence-electron chi connectivity index (χ0n) is 5.74. The van der Waals surface area contributed by atoms with Gasteiger partial charge in [-0.3, -0.25) is 0 Å². The second kappa shape index (κ2) is 2.71. The summed E-state index contributed by atoms with van der Waals surface area (Å²) in [6, 6.07) is 0. The summed E-state index contributed by atoms with van der Waals surface area (Å²) in [6.45, 7) is 3.13. The van der Waals surface area contributed by atoms with Crippen molar-refractivity contribution in [2.45, 2.75) is 13.3 Å². The average molecular weight is 191 g/mol. The molecule has 0 unspecified atom stereocenters. The Hall–Kier alpha value is -0.0200. The second-order valence-corrected chi connectivity index (χ2v) is 3.16. The van der Waals surface area contributed by atoms with E-state index in [1.165, 1.54) is 10.2 Å². The molecule has 0 atom stereocenters. The van der Waals surface area contributed by atoms with E-state index in [-0.39, 0.29) is 0 Å². The van der Waals surface area contributed by atoms with E-state index in [9.17, 15) is 0 Å². The van der Waals surface area contributed by atoms with E-state index in [0.717, 1.165) is 13.0 Å². The zero-order chi connectivity index (χ0) is 6.85. The van der Waals surface area contributed by atoms with Crippen molar-refractivity contribution in [2.24, 2.45) is 0 Å². The first-order chi connectivity index (χ1) is 4.24. The van der Waals surface area contributed by atoms with Crippen molar-refractivity contribution in [3.8, 4) is 0 Å². The number of halogens is 1. The van der Waals surface area contributed by atoms with E-state index in [2.05, 4.69) is 33.3 Å². The molecule has 1 aliphatic rings. The maximum Gasteiger partial charge on any atom is 0.0510 e. The van der Waals surface area contributed by atoms with E-state index in [1.807, 2.05) is 7.05 Å². The van der Waals surface area contributed by atoms with Gasteiger partial charge in [-0.15, -0.1) is 0 Å². The van der Waals surface area contributed by atoms with Crippen LogP contribution in [-0.2, 0) is 0 Å². The van der Waals surface area contributed by atoms with Crippen LogP contribution >= 0.6 is 15.9 Å². The summed E-state index contributed by atoms with van der Waals surface area (Å²) < 4.78 is 1.28. The van der Waals surface area contributed by atoms with Crippen LogP contribution in [0.25, 0.3) is 0 Å². The molecule has 1 heterocycles. The lowest BCUT2D eigenvalue weighted by Crippen LogP contribution is -2.27. The predicted molar refractivity (Wildman–Crippen MR) is 42.0 cm³/mol. The van der Waals surface area contributed by atoms with E-state index >= 15 is 0 Å². The molecule has 0 saturated heterocycles. The Morgan fingerprint density at radius 1 is 1.78 bits per heavy atom. The summed E-state index contributed by atoms with van der Waals surface area (Å²) in [5.41, 5.74) is 4.52. The van der Waals surface area contributed by atoms with Crippen molar-refractivity contribution in [3.63, 3.8) is 0 Å². The molecule has 9 heavy (non-hydrogen) atoms. The molecule has 0 bridgehead atoms. The summed E-state index contributed by atoms with van der Waals surface area (Å²) in [6.07, 6.45) is 1.07. The maximum atomic E-state index is 3.48. The summed E-state index contributed by atoms with van der Waals surface area (Å²) in [5, 5.41) is 2.06. The van der Waals surface area contributed by atoms with Crippen molar-refractivity contribution in [1.29, 1.82) is 0 Å². The van der Waals surface area contributed by atoms with Crippen LogP contribution in [0.3, 0.4) is 0 Å². The molecule has 0 aromatic carbocycles. The Morgan fingerprint density at radius 3 is 2.67 bits per heavy atom. The molecule has 3 heteroatoms. The topological polar surface area (TPSA) is 15.3 Å². The van der Waals surface area contributed by atoms with Gasteiger partial charge in [0.05, 0.1) is 6.54 Å². The van der Waals surface area contributed by atoms with Gasteiger partial charge >= 0.3 is 0 Å². The first-order valence-electron chi connectivity index (χ1n) is 3.09. The van der Waals surface area contributed by atoms with Crippen molar-refractivity contribution < 1.29 is 0 Å². The third kappa shape index (κ3) is 1.46. The fraction of sp³-hybridized carbons (Fsp3) is 0.667. The van der Waals surface area contributed by atoms with Crippen LogP contribution in [0.4, 0.5) is 0 Å². The van der Waals surface area contributed by atoms with E-state index in [0.29, 0.717) is 0 Å². The number of allylic oxidation sites excluding steroid dienone is 1. The number of hydrogen-bond donors (Lipinski definition) is 1. The Kier molecular flexibility index (Phi) is 2.13. The summed E-state index contributed by atoms with van der Waals surface area (Å²) >= 11 is 3.48. The predicted octanol–water partition coefficient (Wildman–Crippen LogP) is 1.45. The first-order valence-corrected chi connectivity index (χ1v) is 3.88. The van der Waals surface area contributed by atoms with Gasteiger partial charge in [-0.2, -0.15) is 0 Å². The lowest BCUT2D eigenvalue weighted by molar-refractivity contribution is 0.319. The van der Waals surface area contributed by atoms with Crippen LogP contribution in [0.2, 0.25) is 0 Å². The number of hydrazine groups is 1. The first kappa shape index (κ1) is 7.09. The molecule has 2 nitrogen and oxygen atoms in total. The van der Waals surface area contributed by atoms with Crippen molar-refractivity contribution in [3.05, 3.63) is 10.2 Å². The highest BCUT2D eigenvalue weighted by Crippen LogP contribution is 2.18. The Labute approximate surface area is 64.0 Å². The van der Waals surface area contributed by atoms with Crippen molar-refractivity contribution in [2.75, 3.05) is 13.6 Å². The normalized spacial score (nSPS) is 20.8. The highest BCUT2D eigenvalue weighted by Gasteiger charge is 2.13. The molecule has 0 aromatic heterocycles. The van der Waals surface area contributed by atoms with Crippen LogP contribution in [0.15, 0.2) is 10.2 Å². The van der Waals surface area contributed by atoms with Gasteiger partial charge in [0.15, 0.2) is 0 Å². The molecule has 0 fully saturated rings. The van der Waals surface area contributed by atoms with Crippen LogP contribution in [0.5, 0.6) is 0 Å². The van der Waals surface area contributed by atoms with Gasteiger partial charge in [0.25, 0.3) is 0 Å². The minimum atomic E-state index is 0.989. The van der Waals surface area contributed by atoms with Crippen LogP contribution in [0.1, 0.15) is 13.3 Å². The molecule has 0 aromatic rings. The molecule has 1 aliphatic heterocycles. The molecule has 0 spiro atoms.